The molecule has 0 saturated carbocycles. The minimum absolute atomic E-state index is 0.0277. The predicted octanol–water partition coefficient (Wildman–Crippen LogP) is 4.53. The van der Waals surface area contributed by atoms with E-state index in [0.29, 0.717) is 10.6 Å². The van der Waals surface area contributed by atoms with Crippen molar-refractivity contribution in [3.05, 3.63) is 70.2 Å². The molecule has 0 bridgehead atoms. The van der Waals surface area contributed by atoms with Gasteiger partial charge < -0.3 is 5.73 Å². The van der Waals surface area contributed by atoms with Gasteiger partial charge in [0.05, 0.1) is 11.6 Å². The fraction of sp³-hybridized carbons (Fsp3) is 0.235. The largest absolute Gasteiger partial charge is 0.320 e. The van der Waals surface area contributed by atoms with Gasteiger partial charge in [-0.2, -0.15) is 5.26 Å². The van der Waals surface area contributed by atoms with E-state index in [9.17, 15) is 5.26 Å². The zero-order valence-corrected chi connectivity index (χ0v) is 13.4. The fourth-order valence-electron chi connectivity index (χ4n) is 2.21. The van der Waals surface area contributed by atoms with Crippen LogP contribution in [0.5, 0.6) is 0 Å². The summed E-state index contributed by atoms with van der Waals surface area (Å²) in [6, 6.07) is 17.9. The fourth-order valence-corrected chi connectivity index (χ4v) is 3.51. The number of thioether (sulfide) groups is 1. The van der Waals surface area contributed by atoms with Gasteiger partial charge in [-0.05, 0) is 42.7 Å². The summed E-state index contributed by atoms with van der Waals surface area (Å²) in [5, 5.41) is 10.1. The molecule has 108 valence electrons. The normalized spacial score (nSPS) is 13.4. The quantitative estimate of drug-likeness (QED) is 0.824. The molecule has 0 amide bonds. The summed E-state index contributed by atoms with van der Waals surface area (Å²) in [4.78, 5) is 0. The van der Waals surface area contributed by atoms with Crippen LogP contribution >= 0.6 is 23.4 Å². The summed E-state index contributed by atoms with van der Waals surface area (Å²) in [6.07, 6.45) is 0.736. The molecule has 2 atom stereocenters. The molecule has 2 unspecified atom stereocenters. The molecule has 2 N–H and O–H groups in total. The number of nitrogens with two attached hydrogens (primary N) is 1. The maximum atomic E-state index is 9.25. The maximum Gasteiger partial charge on any atom is 0.0994 e. The highest BCUT2D eigenvalue weighted by atomic mass is 35.5. The van der Waals surface area contributed by atoms with Gasteiger partial charge in [0.25, 0.3) is 0 Å². The van der Waals surface area contributed by atoms with E-state index in [4.69, 9.17) is 17.3 Å². The minimum atomic E-state index is 0.0277. The lowest BCUT2D eigenvalue weighted by Gasteiger charge is -2.20. The highest BCUT2D eigenvalue weighted by molar-refractivity contribution is 8.00. The standard InChI is InChI=1S/C17H17ClN2S/c1-12(20)21-17(13-5-3-2-4-6-13)10-15-9-16(18)8-7-14(15)11-19/h2-9,12,17H,10,20H2,1H3. The first-order chi connectivity index (χ1) is 10.1. The van der Waals surface area contributed by atoms with Crippen LogP contribution in [0.1, 0.15) is 28.9 Å². The van der Waals surface area contributed by atoms with Crippen molar-refractivity contribution in [3.63, 3.8) is 0 Å². The van der Waals surface area contributed by atoms with E-state index in [2.05, 4.69) is 18.2 Å². The molecule has 4 heteroatoms. The zero-order chi connectivity index (χ0) is 15.2. The van der Waals surface area contributed by atoms with Gasteiger partial charge in [0.1, 0.15) is 0 Å². The van der Waals surface area contributed by atoms with Gasteiger partial charge in [-0.25, -0.2) is 0 Å². The Morgan fingerprint density at radius 1 is 1.24 bits per heavy atom. The SMILES string of the molecule is CC(N)SC(Cc1cc(Cl)ccc1C#N)c1ccccc1. The molecule has 21 heavy (non-hydrogen) atoms. The third-order valence-corrected chi connectivity index (χ3v) is 4.58. The maximum absolute atomic E-state index is 9.25. The van der Waals surface area contributed by atoms with Crippen molar-refractivity contribution in [1.82, 2.24) is 0 Å². The van der Waals surface area contributed by atoms with Crippen molar-refractivity contribution in [2.24, 2.45) is 5.73 Å². The molecule has 0 heterocycles. The molecular formula is C17H17ClN2S. The smallest absolute Gasteiger partial charge is 0.0994 e. The number of halogens is 1. The van der Waals surface area contributed by atoms with Crippen molar-refractivity contribution in [2.75, 3.05) is 0 Å². The average Bonchev–Trinajstić information content (AvgIpc) is 2.47. The minimum Gasteiger partial charge on any atom is -0.320 e. The van der Waals surface area contributed by atoms with Crippen molar-refractivity contribution in [2.45, 2.75) is 24.0 Å². The highest BCUT2D eigenvalue weighted by Crippen LogP contribution is 2.35. The molecule has 0 aromatic heterocycles. The molecule has 0 aliphatic rings. The summed E-state index contributed by atoms with van der Waals surface area (Å²) in [7, 11) is 0. The lowest BCUT2D eigenvalue weighted by atomic mass is 10.00. The third-order valence-electron chi connectivity index (χ3n) is 3.14. The van der Waals surface area contributed by atoms with E-state index in [1.807, 2.05) is 31.2 Å². The van der Waals surface area contributed by atoms with Gasteiger partial charge in [-0.1, -0.05) is 41.9 Å². The van der Waals surface area contributed by atoms with Gasteiger partial charge in [0, 0.05) is 15.6 Å². The molecule has 0 radical (unpaired) electrons. The Kier molecular flexibility index (Phi) is 5.69. The molecule has 2 aromatic carbocycles. The molecule has 0 fully saturated rings. The number of benzene rings is 2. The number of nitrogens with zero attached hydrogens (tertiary/aromatic N) is 1. The van der Waals surface area contributed by atoms with Crippen LogP contribution in [0.15, 0.2) is 48.5 Å². The molecule has 2 rings (SSSR count). The van der Waals surface area contributed by atoms with E-state index in [-0.39, 0.29) is 10.6 Å². The summed E-state index contributed by atoms with van der Waals surface area (Å²) in [6.45, 7) is 1.98. The Labute approximate surface area is 134 Å². The number of hydrogen-bond acceptors (Lipinski definition) is 3. The predicted molar refractivity (Wildman–Crippen MR) is 90.3 cm³/mol. The third kappa shape index (κ3) is 4.50. The Hall–Kier alpha value is -1.47. The van der Waals surface area contributed by atoms with Gasteiger partial charge in [-0.3, -0.25) is 0 Å². The summed E-state index contributed by atoms with van der Waals surface area (Å²) >= 11 is 7.77. The van der Waals surface area contributed by atoms with Crippen LogP contribution in [0.3, 0.4) is 0 Å². The van der Waals surface area contributed by atoms with E-state index >= 15 is 0 Å². The molecule has 2 aromatic rings. The van der Waals surface area contributed by atoms with Crippen molar-refractivity contribution in [1.29, 1.82) is 5.26 Å². The van der Waals surface area contributed by atoms with Crippen LogP contribution < -0.4 is 5.73 Å². The van der Waals surface area contributed by atoms with Crippen molar-refractivity contribution < 1.29 is 0 Å². The topological polar surface area (TPSA) is 49.8 Å². The summed E-state index contributed by atoms with van der Waals surface area (Å²) in [5.74, 6) is 0. The van der Waals surface area contributed by atoms with E-state index in [1.165, 1.54) is 5.56 Å². The Bertz CT molecular complexity index is 635. The summed E-state index contributed by atoms with van der Waals surface area (Å²) in [5.41, 5.74) is 8.81. The van der Waals surface area contributed by atoms with Crippen LogP contribution in [0.25, 0.3) is 0 Å². The first-order valence-corrected chi connectivity index (χ1v) is 8.06. The van der Waals surface area contributed by atoms with Crippen molar-refractivity contribution >= 4 is 23.4 Å². The van der Waals surface area contributed by atoms with Crippen LogP contribution in [-0.2, 0) is 6.42 Å². The summed E-state index contributed by atoms with van der Waals surface area (Å²) < 4.78 is 0. The van der Waals surface area contributed by atoms with E-state index < -0.39 is 0 Å². The highest BCUT2D eigenvalue weighted by Gasteiger charge is 2.17. The first-order valence-electron chi connectivity index (χ1n) is 6.74. The number of hydrogen-bond donors (Lipinski definition) is 1. The first kappa shape index (κ1) is 15.9. The van der Waals surface area contributed by atoms with Gasteiger partial charge in [0.15, 0.2) is 0 Å². The second-order valence-electron chi connectivity index (χ2n) is 4.86. The Morgan fingerprint density at radius 3 is 2.57 bits per heavy atom. The zero-order valence-electron chi connectivity index (χ0n) is 11.8. The second-order valence-corrected chi connectivity index (χ2v) is 6.88. The molecule has 0 aliphatic heterocycles. The molecule has 0 saturated heterocycles. The van der Waals surface area contributed by atoms with Crippen LogP contribution in [0.4, 0.5) is 0 Å². The Balaban J connectivity index is 2.32. The lowest BCUT2D eigenvalue weighted by Crippen LogP contribution is -2.14. The van der Waals surface area contributed by atoms with Crippen LogP contribution in [0.2, 0.25) is 5.02 Å². The molecular weight excluding hydrogens is 300 g/mol. The van der Waals surface area contributed by atoms with Crippen LogP contribution in [0, 0.1) is 11.3 Å². The molecule has 2 nitrogen and oxygen atoms in total. The van der Waals surface area contributed by atoms with Gasteiger partial charge >= 0.3 is 0 Å². The van der Waals surface area contributed by atoms with Gasteiger partial charge in [-0.15, -0.1) is 11.8 Å². The van der Waals surface area contributed by atoms with Gasteiger partial charge in [0.2, 0.25) is 0 Å². The molecule has 0 aliphatic carbocycles. The monoisotopic (exact) mass is 316 g/mol. The van der Waals surface area contributed by atoms with E-state index in [0.717, 1.165) is 12.0 Å². The van der Waals surface area contributed by atoms with Crippen molar-refractivity contribution in [3.8, 4) is 6.07 Å². The van der Waals surface area contributed by atoms with Crippen LogP contribution in [-0.4, -0.2) is 5.37 Å². The Morgan fingerprint density at radius 2 is 1.95 bits per heavy atom. The second kappa shape index (κ2) is 7.51. The number of rotatable bonds is 5. The van der Waals surface area contributed by atoms with E-state index in [1.54, 1.807) is 23.9 Å². The lowest BCUT2D eigenvalue weighted by molar-refractivity contribution is 0.909. The number of nitriles is 1. The average molecular weight is 317 g/mol. The molecule has 0 spiro atoms.